The predicted octanol–water partition coefficient (Wildman–Crippen LogP) is 2.54. The van der Waals surface area contributed by atoms with Crippen LogP contribution in [-0.2, 0) is 0 Å². The SMILES string of the molecule is CCN(Cl)c1ccccc1C#N. The van der Waals surface area contributed by atoms with Crippen molar-refractivity contribution in [3.05, 3.63) is 29.8 Å². The molecular formula is C9H9ClN2. The molecule has 0 atom stereocenters. The maximum atomic E-state index is 8.73. The Kier molecular flexibility index (Phi) is 2.95. The lowest BCUT2D eigenvalue weighted by atomic mass is 10.2. The Balaban J connectivity index is 3.07. The topological polar surface area (TPSA) is 27.0 Å². The Morgan fingerprint density at radius 3 is 2.75 bits per heavy atom. The lowest BCUT2D eigenvalue weighted by Gasteiger charge is -2.13. The molecule has 62 valence electrons. The number of hydrogen-bond acceptors (Lipinski definition) is 2. The van der Waals surface area contributed by atoms with E-state index in [0.717, 1.165) is 5.69 Å². The highest BCUT2D eigenvalue weighted by atomic mass is 35.5. The van der Waals surface area contributed by atoms with E-state index in [-0.39, 0.29) is 0 Å². The van der Waals surface area contributed by atoms with Gasteiger partial charge in [0.25, 0.3) is 0 Å². The number of halogens is 1. The first-order chi connectivity index (χ1) is 5.79. The standard InChI is InChI=1S/C9H9ClN2/c1-2-12(10)9-6-4-3-5-8(9)7-11/h3-6H,2H2,1H3. The highest BCUT2D eigenvalue weighted by Crippen LogP contribution is 2.20. The Hall–Kier alpha value is -1.20. The summed E-state index contributed by atoms with van der Waals surface area (Å²) in [5.74, 6) is 0. The quantitative estimate of drug-likeness (QED) is 0.654. The molecule has 0 aliphatic heterocycles. The summed E-state index contributed by atoms with van der Waals surface area (Å²) in [4.78, 5) is 0. The van der Waals surface area contributed by atoms with Gasteiger partial charge in [-0.1, -0.05) is 12.1 Å². The Labute approximate surface area is 77.1 Å². The number of rotatable bonds is 2. The van der Waals surface area contributed by atoms with Crippen LogP contribution in [0.2, 0.25) is 0 Å². The fourth-order valence-corrected chi connectivity index (χ4v) is 1.10. The molecule has 0 aliphatic rings. The molecule has 0 heterocycles. The molecule has 3 heteroatoms. The third-order valence-electron chi connectivity index (χ3n) is 1.56. The van der Waals surface area contributed by atoms with Crippen molar-refractivity contribution < 1.29 is 0 Å². The van der Waals surface area contributed by atoms with E-state index in [1.165, 1.54) is 4.42 Å². The molecule has 0 aliphatic carbocycles. The number of benzene rings is 1. The van der Waals surface area contributed by atoms with Gasteiger partial charge >= 0.3 is 0 Å². The minimum Gasteiger partial charge on any atom is -0.284 e. The van der Waals surface area contributed by atoms with Crippen molar-refractivity contribution in [2.75, 3.05) is 11.0 Å². The zero-order chi connectivity index (χ0) is 8.97. The second kappa shape index (κ2) is 3.99. The summed E-state index contributed by atoms with van der Waals surface area (Å²) in [5, 5.41) is 8.73. The van der Waals surface area contributed by atoms with Crippen molar-refractivity contribution in [3.8, 4) is 6.07 Å². The molecule has 2 nitrogen and oxygen atoms in total. The first-order valence-electron chi connectivity index (χ1n) is 3.72. The lowest BCUT2D eigenvalue weighted by Crippen LogP contribution is -2.09. The first kappa shape index (κ1) is 8.89. The average Bonchev–Trinajstić information content (AvgIpc) is 2.16. The highest BCUT2D eigenvalue weighted by molar-refractivity contribution is 6.25. The summed E-state index contributed by atoms with van der Waals surface area (Å²) in [5.41, 5.74) is 1.37. The van der Waals surface area contributed by atoms with E-state index in [1.54, 1.807) is 6.07 Å². The molecule has 0 aromatic heterocycles. The van der Waals surface area contributed by atoms with Gasteiger partial charge in [-0.2, -0.15) is 5.26 Å². The summed E-state index contributed by atoms with van der Waals surface area (Å²) < 4.78 is 1.53. The van der Waals surface area contributed by atoms with Crippen LogP contribution in [0.15, 0.2) is 24.3 Å². The third-order valence-corrected chi connectivity index (χ3v) is 1.98. The molecule has 1 aromatic rings. The molecule has 0 fully saturated rings. The number of anilines is 1. The molecule has 0 spiro atoms. The summed E-state index contributed by atoms with van der Waals surface area (Å²) >= 11 is 5.86. The molecule has 0 radical (unpaired) electrons. The predicted molar refractivity (Wildman–Crippen MR) is 50.0 cm³/mol. The molecule has 1 aromatic carbocycles. The van der Waals surface area contributed by atoms with E-state index < -0.39 is 0 Å². The zero-order valence-electron chi connectivity index (χ0n) is 6.79. The van der Waals surface area contributed by atoms with Gasteiger partial charge in [-0.25, -0.2) is 0 Å². The van der Waals surface area contributed by atoms with E-state index in [0.29, 0.717) is 12.1 Å². The number of para-hydroxylation sites is 1. The number of hydrogen-bond donors (Lipinski definition) is 0. The van der Waals surface area contributed by atoms with Gasteiger partial charge in [0.15, 0.2) is 0 Å². The van der Waals surface area contributed by atoms with Gasteiger partial charge in [0.1, 0.15) is 6.07 Å². The largest absolute Gasteiger partial charge is 0.284 e. The smallest absolute Gasteiger partial charge is 0.101 e. The van der Waals surface area contributed by atoms with Crippen LogP contribution in [0.1, 0.15) is 12.5 Å². The van der Waals surface area contributed by atoms with Crippen molar-refractivity contribution in [1.29, 1.82) is 5.26 Å². The monoisotopic (exact) mass is 180 g/mol. The zero-order valence-corrected chi connectivity index (χ0v) is 7.54. The second-order valence-electron chi connectivity index (χ2n) is 2.31. The maximum absolute atomic E-state index is 8.73. The first-order valence-corrected chi connectivity index (χ1v) is 4.05. The summed E-state index contributed by atoms with van der Waals surface area (Å²) in [7, 11) is 0. The van der Waals surface area contributed by atoms with Crippen molar-refractivity contribution >= 4 is 17.5 Å². The Bertz CT molecular complexity index is 304. The molecular weight excluding hydrogens is 172 g/mol. The van der Waals surface area contributed by atoms with Crippen LogP contribution in [0.3, 0.4) is 0 Å². The van der Waals surface area contributed by atoms with Gasteiger partial charge in [0.05, 0.1) is 11.3 Å². The van der Waals surface area contributed by atoms with Crippen molar-refractivity contribution in [3.63, 3.8) is 0 Å². The van der Waals surface area contributed by atoms with Gasteiger partial charge in [0.2, 0.25) is 0 Å². The van der Waals surface area contributed by atoms with Crippen molar-refractivity contribution in [2.24, 2.45) is 0 Å². The summed E-state index contributed by atoms with van der Waals surface area (Å²) in [6.07, 6.45) is 0. The molecule has 12 heavy (non-hydrogen) atoms. The normalized spacial score (nSPS) is 9.08. The van der Waals surface area contributed by atoms with Crippen LogP contribution < -0.4 is 4.42 Å². The number of nitrogens with zero attached hydrogens (tertiary/aromatic N) is 2. The fraction of sp³-hybridized carbons (Fsp3) is 0.222. The minimum atomic E-state index is 0.606. The fourth-order valence-electron chi connectivity index (χ4n) is 0.950. The third kappa shape index (κ3) is 1.69. The molecule has 1 rings (SSSR count). The minimum absolute atomic E-state index is 0.606. The number of nitriles is 1. The van der Waals surface area contributed by atoms with E-state index in [9.17, 15) is 0 Å². The van der Waals surface area contributed by atoms with Crippen LogP contribution in [-0.4, -0.2) is 6.54 Å². The molecule has 0 bridgehead atoms. The van der Waals surface area contributed by atoms with Crippen LogP contribution in [0.5, 0.6) is 0 Å². The van der Waals surface area contributed by atoms with Gasteiger partial charge < -0.3 is 0 Å². The van der Waals surface area contributed by atoms with Crippen molar-refractivity contribution in [1.82, 2.24) is 0 Å². The summed E-state index contributed by atoms with van der Waals surface area (Å²) in [6, 6.07) is 9.35. The van der Waals surface area contributed by atoms with Gasteiger partial charge in [0, 0.05) is 18.3 Å². The molecule has 0 saturated carbocycles. The maximum Gasteiger partial charge on any atom is 0.101 e. The van der Waals surface area contributed by atoms with E-state index in [1.807, 2.05) is 25.1 Å². The van der Waals surface area contributed by atoms with Gasteiger partial charge in [-0.15, -0.1) is 0 Å². The highest BCUT2D eigenvalue weighted by Gasteiger charge is 2.04. The molecule has 0 amide bonds. The van der Waals surface area contributed by atoms with Crippen LogP contribution in [0.4, 0.5) is 5.69 Å². The average molecular weight is 181 g/mol. The molecule has 0 N–H and O–H groups in total. The Morgan fingerprint density at radius 1 is 1.50 bits per heavy atom. The summed E-state index contributed by atoms with van der Waals surface area (Å²) in [6.45, 7) is 2.61. The van der Waals surface area contributed by atoms with Crippen LogP contribution in [0.25, 0.3) is 0 Å². The van der Waals surface area contributed by atoms with Gasteiger partial charge in [-0.05, 0) is 19.1 Å². The lowest BCUT2D eigenvalue weighted by molar-refractivity contribution is 1.10. The van der Waals surface area contributed by atoms with Gasteiger partial charge in [-0.3, -0.25) is 4.42 Å². The molecule has 0 saturated heterocycles. The van der Waals surface area contributed by atoms with Crippen molar-refractivity contribution in [2.45, 2.75) is 6.92 Å². The Morgan fingerprint density at radius 2 is 2.17 bits per heavy atom. The van der Waals surface area contributed by atoms with E-state index >= 15 is 0 Å². The van der Waals surface area contributed by atoms with Crippen LogP contribution in [0, 0.1) is 11.3 Å². The van der Waals surface area contributed by atoms with E-state index in [2.05, 4.69) is 6.07 Å². The van der Waals surface area contributed by atoms with E-state index in [4.69, 9.17) is 17.0 Å². The van der Waals surface area contributed by atoms with Crippen LogP contribution >= 0.6 is 11.8 Å². The second-order valence-corrected chi connectivity index (χ2v) is 2.72. The molecule has 0 unspecified atom stereocenters.